The van der Waals surface area contributed by atoms with Gasteiger partial charge in [-0.25, -0.2) is 4.98 Å². The van der Waals surface area contributed by atoms with Gasteiger partial charge in [0.2, 0.25) is 5.91 Å². The van der Waals surface area contributed by atoms with E-state index in [1.165, 1.54) is 30.1 Å². The van der Waals surface area contributed by atoms with Crippen molar-refractivity contribution >= 4 is 29.3 Å². The molecular weight excluding hydrogens is 451 g/mol. The summed E-state index contributed by atoms with van der Waals surface area (Å²) >= 11 is 7.12. The average Bonchev–Trinajstić information content (AvgIpc) is 3.13. The number of carbonyl (C=O) groups excluding carboxylic acids is 1. The molecule has 0 aliphatic rings. The van der Waals surface area contributed by atoms with Crippen LogP contribution in [-0.4, -0.2) is 20.6 Å². The summed E-state index contributed by atoms with van der Waals surface area (Å²) in [7, 11) is 0. The van der Waals surface area contributed by atoms with E-state index < -0.39 is 11.7 Å². The van der Waals surface area contributed by atoms with Crippen LogP contribution in [-0.2, 0) is 36.4 Å². The second kappa shape index (κ2) is 10.2. The summed E-state index contributed by atoms with van der Waals surface area (Å²) in [6.07, 6.45) is -2.90. The Labute approximate surface area is 186 Å². The van der Waals surface area contributed by atoms with Crippen LogP contribution in [0.5, 0.6) is 0 Å². The zero-order valence-electron chi connectivity index (χ0n) is 16.2. The first-order chi connectivity index (χ1) is 14.8. The smallest absolute Gasteiger partial charge is 0.390 e. The Bertz CT molecular complexity index is 1020. The monoisotopic (exact) mass is 469 g/mol. The van der Waals surface area contributed by atoms with Crippen LogP contribution in [0.4, 0.5) is 13.2 Å². The van der Waals surface area contributed by atoms with Gasteiger partial charge in [-0.15, -0.1) is 0 Å². The third-order valence-electron chi connectivity index (χ3n) is 4.42. The van der Waals surface area contributed by atoms with Gasteiger partial charge in [0, 0.05) is 17.3 Å². The van der Waals surface area contributed by atoms with Crippen LogP contribution < -0.4 is 5.32 Å². The third-order valence-corrected chi connectivity index (χ3v) is 5.73. The molecule has 10 heteroatoms. The molecule has 0 fully saturated rings. The summed E-state index contributed by atoms with van der Waals surface area (Å²) in [5.74, 6) is 0.103. The average molecular weight is 470 g/mol. The fourth-order valence-corrected chi connectivity index (χ4v) is 3.82. The molecule has 5 nitrogen and oxygen atoms in total. The number of aliphatic hydroxyl groups is 1. The Morgan fingerprint density at radius 2 is 1.74 bits per heavy atom. The molecule has 0 spiro atoms. The maximum absolute atomic E-state index is 12.7. The molecule has 0 aliphatic heterocycles. The highest BCUT2D eigenvalue weighted by atomic mass is 35.5. The highest BCUT2D eigenvalue weighted by molar-refractivity contribution is 7.98. The Kier molecular flexibility index (Phi) is 7.64. The lowest BCUT2D eigenvalue weighted by atomic mass is 10.1. The summed E-state index contributed by atoms with van der Waals surface area (Å²) < 4.78 is 39.7. The number of alkyl halides is 3. The van der Waals surface area contributed by atoms with E-state index in [-0.39, 0.29) is 19.1 Å². The number of imidazole rings is 1. The predicted molar refractivity (Wildman–Crippen MR) is 112 cm³/mol. The van der Waals surface area contributed by atoms with Gasteiger partial charge in [-0.05, 0) is 35.4 Å². The molecule has 0 atom stereocenters. The normalized spacial score (nSPS) is 11.5. The number of hydrogen-bond donors (Lipinski definition) is 2. The molecule has 3 rings (SSSR count). The highest BCUT2D eigenvalue weighted by Gasteiger charge is 2.29. The van der Waals surface area contributed by atoms with Gasteiger partial charge in [-0.2, -0.15) is 13.2 Å². The zero-order chi connectivity index (χ0) is 22.4. The van der Waals surface area contributed by atoms with Crippen molar-refractivity contribution in [2.45, 2.75) is 36.8 Å². The van der Waals surface area contributed by atoms with E-state index in [4.69, 9.17) is 11.6 Å². The van der Waals surface area contributed by atoms with Crippen molar-refractivity contribution in [1.29, 1.82) is 0 Å². The van der Waals surface area contributed by atoms with E-state index in [9.17, 15) is 23.1 Å². The maximum atomic E-state index is 12.7. The van der Waals surface area contributed by atoms with Crippen LogP contribution in [0.3, 0.4) is 0 Å². The van der Waals surface area contributed by atoms with Crippen molar-refractivity contribution in [2.75, 3.05) is 0 Å². The fourth-order valence-electron chi connectivity index (χ4n) is 2.74. The molecule has 0 radical (unpaired) electrons. The molecule has 2 aromatic carbocycles. The minimum absolute atomic E-state index is 0.0428. The molecule has 31 heavy (non-hydrogen) atoms. The molecule has 164 valence electrons. The molecular formula is C21H19ClF3N3O2S. The van der Waals surface area contributed by atoms with Crippen LogP contribution >= 0.6 is 23.4 Å². The van der Waals surface area contributed by atoms with Crippen LogP contribution in [0, 0.1) is 0 Å². The molecule has 0 unspecified atom stereocenters. The number of hydrogen-bond acceptors (Lipinski definition) is 4. The van der Waals surface area contributed by atoms with E-state index >= 15 is 0 Å². The third kappa shape index (κ3) is 6.49. The van der Waals surface area contributed by atoms with E-state index in [2.05, 4.69) is 10.3 Å². The maximum Gasteiger partial charge on any atom is 0.416 e. The lowest BCUT2D eigenvalue weighted by Crippen LogP contribution is -2.28. The van der Waals surface area contributed by atoms with Gasteiger partial charge in [-0.3, -0.25) is 4.79 Å². The Hall–Kier alpha value is -2.49. The first kappa shape index (κ1) is 23.2. The first-order valence-electron chi connectivity index (χ1n) is 9.21. The summed E-state index contributed by atoms with van der Waals surface area (Å²) in [5.41, 5.74) is 1.34. The van der Waals surface area contributed by atoms with Crippen molar-refractivity contribution in [3.63, 3.8) is 0 Å². The Morgan fingerprint density at radius 1 is 1.10 bits per heavy atom. The quantitative estimate of drug-likeness (QED) is 0.471. The molecule has 3 aromatic rings. The minimum Gasteiger partial charge on any atom is -0.390 e. The number of rotatable bonds is 8. The minimum atomic E-state index is -4.38. The first-order valence-corrected chi connectivity index (χ1v) is 10.6. The summed E-state index contributed by atoms with van der Waals surface area (Å²) in [6.45, 7) is -0.00960. The summed E-state index contributed by atoms with van der Waals surface area (Å²) in [4.78, 5) is 16.6. The van der Waals surface area contributed by atoms with Crippen LogP contribution in [0.1, 0.15) is 22.4 Å². The van der Waals surface area contributed by atoms with Crippen molar-refractivity contribution in [3.8, 4) is 0 Å². The van der Waals surface area contributed by atoms with Gasteiger partial charge in [0.15, 0.2) is 5.16 Å². The molecule has 0 saturated carbocycles. The van der Waals surface area contributed by atoms with Crippen LogP contribution in [0.2, 0.25) is 5.02 Å². The predicted octanol–water partition coefficient (Wildman–Crippen LogP) is 4.66. The topological polar surface area (TPSA) is 67.2 Å². The SMILES string of the molecule is O=C(Cn1c(CO)cnc1SCc1ccc(C(F)(F)F)cc1)NCc1ccc(Cl)cc1. The van der Waals surface area contributed by atoms with Gasteiger partial charge in [0.05, 0.1) is 24.1 Å². The Balaban J connectivity index is 1.61. The summed E-state index contributed by atoms with van der Waals surface area (Å²) in [6, 6.07) is 12.0. The molecule has 0 aliphatic carbocycles. The molecule has 1 aromatic heterocycles. The largest absolute Gasteiger partial charge is 0.416 e. The van der Waals surface area contributed by atoms with Crippen LogP contribution in [0.25, 0.3) is 0 Å². The Morgan fingerprint density at radius 3 is 2.35 bits per heavy atom. The van der Waals surface area contributed by atoms with Gasteiger partial charge in [-0.1, -0.05) is 47.6 Å². The number of benzene rings is 2. The number of thioether (sulfide) groups is 1. The second-order valence-electron chi connectivity index (χ2n) is 6.66. The number of halogens is 4. The number of nitrogens with zero attached hydrogens (tertiary/aromatic N) is 2. The van der Waals surface area contributed by atoms with Crippen molar-refractivity contribution in [1.82, 2.24) is 14.9 Å². The fraction of sp³-hybridized carbons (Fsp3) is 0.238. The zero-order valence-corrected chi connectivity index (χ0v) is 17.8. The van der Waals surface area contributed by atoms with Crippen LogP contribution in [0.15, 0.2) is 59.9 Å². The second-order valence-corrected chi connectivity index (χ2v) is 8.04. The highest BCUT2D eigenvalue weighted by Crippen LogP contribution is 2.30. The van der Waals surface area contributed by atoms with Gasteiger partial charge in [0.1, 0.15) is 6.54 Å². The van der Waals surface area contributed by atoms with Crippen molar-refractivity contribution in [2.24, 2.45) is 0 Å². The molecule has 0 bridgehead atoms. The molecule has 1 heterocycles. The number of nitrogens with one attached hydrogen (secondary N) is 1. The number of amides is 1. The summed E-state index contributed by atoms with van der Waals surface area (Å²) in [5, 5.41) is 13.4. The molecule has 1 amide bonds. The molecule has 0 saturated heterocycles. The van der Waals surface area contributed by atoms with Gasteiger partial charge >= 0.3 is 6.18 Å². The van der Waals surface area contributed by atoms with Crippen molar-refractivity contribution in [3.05, 3.63) is 82.1 Å². The number of aliphatic hydroxyl groups excluding tert-OH is 1. The van der Waals surface area contributed by atoms with E-state index in [0.717, 1.165) is 17.7 Å². The van der Waals surface area contributed by atoms with E-state index in [1.54, 1.807) is 16.7 Å². The lowest BCUT2D eigenvalue weighted by Gasteiger charge is -2.12. The van der Waals surface area contributed by atoms with Gasteiger partial charge < -0.3 is 15.0 Å². The lowest BCUT2D eigenvalue weighted by molar-refractivity contribution is -0.137. The van der Waals surface area contributed by atoms with Crippen molar-refractivity contribution < 1.29 is 23.1 Å². The van der Waals surface area contributed by atoms with E-state index in [1.807, 2.05) is 12.1 Å². The number of carbonyl (C=O) groups is 1. The standard InChI is InChI=1S/C21H19ClF3N3O2S/c22-17-7-3-14(4-8-17)9-26-19(30)11-28-18(12-29)10-27-20(28)31-13-15-1-5-16(6-2-15)21(23,24)25/h1-8,10,29H,9,11-13H2,(H,26,30). The van der Waals surface area contributed by atoms with Gasteiger partial charge in [0.25, 0.3) is 0 Å². The van der Waals surface area contributed by atoms with E-state index in [0.29, 0.717) is 33.7 Å². The molecule has 2 N–H and O–H groups in total. The number of aromatic nitrogens is 2.